The summed E-state index contributed by atoms with van der Waals surface area (Å²) in [6, 6.07) is 0.617. The van der Waals surface area contributed by atoms with Crippen molar-refractivity contribution >= 4 is 12.0 Å². The van der Waals surface area contributed by atoms with Crippen LogP contribution in [-0.4, -0.2) is 117 Å². The molecule has 0 aromatic rings. The van der Waals surface area contributed by atoms with E-state index in [2.05, 4.69) is 29.2 Å². The van der Waals surface area contributed by atoms with E-state index in [-0.39, 0.29) is 12.0 Å². The van der Waals surface area contributed by atoms with Crippen molar-refractivity contribution in [3.8, 4) is 0 Å². The Labute approximate surface area is 156 Å². The first kappa shape index (κ1) is 19.4. The van der Waals surface area contributed by atoms with E-state index in [1.165, 1.54) is 6.42 Å². The second-order valence-corrected chi connectivity index (χ2v) is 8.09. The van der Waals surface area contributed by atoms with Crippen molar-refractivity contribution in [2.45, 2.75) is 30.9 Å². The molecule has 0 saturated carbocycles. The highest BCUT2D eigenvalue weighted by atomic mass is 16.6. The van der Waals surface area contributed by atoms with Gasteiger partial charge >= 0.3 is 6.09 Å². The van der Waals surface area contributed by atoms with Crippen LogP contribution in [0.25, 0.3) is 0 Å². The van der Waals surface area contributed by atoms with Crippen LogP contribution in [0, 0.1) is 0 Å². The van der Waals surface area contributed by atoms with Crippen LogP contribution in [0.2, 0.25) is 0 Å². The Hall–Kier alpha value is -1.38. The van der Waals surface area contributed by atoms with Crippen molar-refractivity contribution < 1.29 is 14.3 Å². The van der Waals surface area contributed by atoms with Crippen molar-refractivity contribution in [3.05, 3.63) is 0 Å². The molecule has 3 saturated heterocycles. The van der Waals surface area contributed by atoms with Gasteiger partial charge in [0.1, 0.15) is 5.60 Å². The van der Waals surface area contributed by atoms with Crippen LogP contribution >= 0.6 is 0 Å². The van der Waals surface area contributed by atoms with Gasteiger partial charge < -0.3 is 24.8 Å². The van der Waals surface area contributed by atoms with E-state index >= 15 is 0 Å². The molecule has 2 amide bonds. The predicted molar refractivity (Wildman–Crippen MR) is 99.1 cm³/mol. The largest absolute Gasteiger partial charge is 0.441 e. The molecule has 0 unspecified atom stereocenters. The highest BCUT2D eigenvalue weighted by Crippen LogP contribution is 2.33. The average Bonchev–Trinajstić information content (AvgIpc) is 3.19. The number of hydrogen-bond donors (Lipinski definition) is 1. The Morgan fingerprint density at radius 2 is 2.00 bits per heavy atom. The van der Waals surface area contributed by atoms with Crippen LogP contribution in [0.5, 0.6) is 0 Å². The number of nitrogens with one attached hydrogen (secondary N) is 1. The lowest BCUT2D eigenvalue weighted by Gasteiger charge is -2.37. The second-order valence-electron chi connectivity index (χ2n) is 8.09. The Morgan fingerprint density at radius 1 is 1.27 bits per heavy atom. The Balaban J connectivity index is 1.45. The number of amides is 2. The lowest BCUT2D eigenvalue weighted by atomic mass is 9.91. The monoisotopic (exact) mass is 367 g/mol. The first-order valence-electron chi connectivity index (χ1n) is 9.71. The van der Waals surface area contributed by atoms with E-state index in [9.17, 15) is 9.59 Å². The summed E-state index contributed by atoms with van der Waals surface area (Å²) in [5.74, 6) is 0.119. The smallest absolute Gasteiger partial charge is 0.410 e. The quantitative estimate of drug-likeness (QED) is 0.693. The summed E-state index contributed by atoms with van der Waals surface area (Å²) in [6.07, 6.45) is 2.47. The number of likely N-dealkylation sites (N-methyl/N-ethyl adjacent to an activating group) is 2. The zero-order valence-corrected chi connectivity index (χ0v) is 16.4. The number of hydrogen-bond acceptors (Lipinski definition) is 6. The Bertz CT molecular complexity index is 519. The molecule has 3 fully saturated rings. The third-order valence-electron chi connectivity index (χ3n) is 6.06. The fourth-order valence-corrected chi connectivity index (χ4v) is 4.25. The van der Waals surface area contributed by atoms with Crippen LogP contribution in [0.15, 0.2) is 0 Å². The average molecular weight is 367 g/mol. The van der Waals surface area contributed by atoms with Crippen LogP contribution in [0.4, 0.5) is 4.79 Å². The van der Waals surface area contributed by atoms with E-state index < -0.39 is 5.60 Å². The number of ether oxygens (including phenoxy) is 1. The van der Waals surface area contributed by atoms with Gasteiger partial charge in [0.05, 0.1) is 13.1 Å². The maximum Gasteiger partial charge on any atom is 0.410 e. The highest BCUT2D eigenvalue weighted by Gasteiger charge is 2.47. The third kappa shape index (κ3) is 4.29. The highest BCUT2D eigenvalue weighted by molar-refractivity contribution is 5.78. The van der Waals surface area contributed by atoms with Crippen LogP contribution in [-0.2, 0) is 9.53 Å². The Morgan fingerprint density at radius 3 is 2.62 bits per heavy atom. The molecule has 0 aliphatic carbocycles. The van der Waals surface area contributed by atoms with Gasteiger partial charge in [0.25, 0.3) is 0 Å². The normalized spacial score (nSPS) is 26.2. The first-order chi connectivity index (χ1) is 12.4. The van der Waals surface area contributed by atoms with E-state index in [0.717, 1.165) is 39.0 Å². The molecule has 3 heterocycles. The summed E-state index contributed by atoms with van der Waals surface area (Å²) in [4.78, 5) is 32.8. The number of rotatable bonds is 6. The minimum atomic E-state index is -0.398. The van der Waals surface area contributed by atoms with Gasteiger partial charge in [0, 0.05) is 51.6 Å². The first-order valence-corrected chi connectivity index (χ1v) is 9.71. The molecular weight excluding hydrogens is 334 g/mol. The molecule has 1 N–H and O–H groups in total. The minimum absolute atomic E-state index is 0.119. The Kier molecular flexibility index (Phi) is 6.04. The van der Waals surface area contributed by atoms with E-state index in [4.69, 9.17) is 4.74 Å². The summed E-state index contributed by atoms with van der Waals surface area (Å²) < 4.78 is 5.77. The second kappa shape index (κ2) is 8.10. The van der Waals surface area contributed by atoms with Gasteiger partial charge in [0.15, 0.2) is 0 Å². The fraction of sp³-hybridized carbons (Fsp3) is 0.889. The van der Waals surface area contributed by atoms with Crippen molar-refractivity contribution in [1.29, 1.82) is 0 Å². The van der Waals surface area contributed by atoms with Gasteiger partial charge in [-0.2, -0.15) is 0 Å². The molecule has 0 aromatic carbocycles. The predicted octanol–water partition coefficient (Wildman–Crippen LogP) is -0.345. The number of carbonyl (C=O) groups excluding carboxylic acids is 2. The van der Waals surface area contributed by atoms with Gasteiger partial charge in [-0.3, -0.25) is 9.69 Å². The van der Waals surface area contributed by atoms with Crippen molar-refractivity contribution in [2.75, 3.05) is 73.5 Å². The number of piperidine rings is 1. The molecule has 8 heteroatoms. The summed E-state index contributed by atoms with van der Waals surface area (Å²) >= 11 is 0. The summed E-state index contributed by atoms with van der Waals surface area (Å²) in [6.45, 7) is 6.15. The van der Waals surface area contributed by atoms with Crippen LogP contribution < -0.4 is 5.32 Å². The molecule has 1 spiro atoms. The number of nitrogens with zero attached hydrogens (tertiary/aromatic N) is 4. The van der Waals surface area contributed by atoms with Gasteiger partial charge in [-0.05, 0) is 34.1 Å². The maximum atomic E-state index is 12.3. The summed E-state index contributed by atoms with van der Waals surface area (Å²) in [5, 5.41) is 2.90. The molecule has 0 aromatic heterocycles. The van der Waals surface area contributed by atoms with Gasteiger partial charge in [0.2, 0.25) is 5.91 Å². The van der Waals surface area contributed by atoms with Crippen LogP contribution in [0.1, 0.15) is 19.3 Å². The standard InChI is InChI=1S/C18H33N5O3/c1-19-12-16(24)22-8-5-18(6-9-22)14-23(17(25)26-18)11-10-21-7-4-15(13-21)20(2)3/h15,19H,4-14H2,1-3H3/t15-/m1/s1. The summed E-state index contributed by atoms with van der Waals surface area (Å²) in [7, 11) is 6.04. The van der Waals surface area contributed by atoms with E-state index in [1.54, 1.807) is 7.05 Å². The molecular formula is C18H33N5O3. The molecule has 3 rings (SSSR count). The molecule has 3 aliphatic heterocycles. The summed E-state index contributed by atoms with van der Waals surface area (Å²) in [5.41, 5.74) is -0.398. The fourth-order valence-electron chi connectivity index (χ4n) is 4.25. The molecule has 8 nitrogen and oxygen atoms in total. The van der Waals surface area contributed by atoms with E-state index in [1.807, 2.05) is 9.80 Å². The van der Waals surface area contributed by atoms with Crippen molar-refractivity contribution in [2.24, 2.45) is 0 Å². The third-order valence-corrected chi connectivity index (χ3v) is 6.06. The number of carbonyl (C=O) groups is 2. The van der Waals surface area contributed by atoms with Crippen LogP contribution in [0.3, 0.4) is 0 Å². The number of likely N-dealkylation sites (tertiary alicyclic amines) is 2. The van der Waals surface area contributed by atoms with Crippen molar-refractivity contribution in [1.82, 2.24) is 24.9 Å². The molecule has 1 atom stereocenters. The van der Waals surface area contributed by atoms with Crippen molar-refractivity contribution in [3.63, 3.8) is 0 Å². The molecule has 26 heavy (non-hydrogen) atoms. The van der Waals surface area contributed by atoms with Gasteiger partial charge in [-0.1, -0.05) is 0 Å². The SMILES string of the molecule is CNCC(=O)N1CCC2(CC1)CN(CCN1CC[C@@H](N(C)C)C1)C(=O)O2. The maximum absolute atomic E-state index is 12.3. The lowest BCUT2D eigenvalue weighted by Crippen LogP contribution is -2.50. The zero-order valence-electron chi connectivity index (χ0n) is 16.4. The minimum Gasteiger partial charge on any atom is -0.441 e. The van der Waals surface area contributed by atoms with E-state index in [0.29, 0.717) is 32.2 Å². The molecule has 148 valence electrons. The van der Waals surface area contributed by atoms with Gasteiger partial charge in [-0.25, -0.2) is 4.79 Å². The van der Waals surface area contributed by atoms with Gasteiger partial charge in [-0.15, -0.1) is 0 Å². The molecule has 3 aliphatic rings. The lowest BCUT2D eigenvalue weighted by molar-refractivity contribution is -0.133. The zero-order chi connectivity index (χ0) is 18.7. The topological polar surface area (TPSA) is 68.4 Å². The molecule has 0 bridgehead atoms. The molecule has 0 radical (unpaired) electrons.